The average molecular weight is 336 g/mol. The van der Waals surface area contributed by atoms with Gasteiger partial charge in [0.2, 0.25) is 11.8 Å². The van der Waals surface area contributed by atoms with E-state index in [1.165, 1.54) is 4.90 Å². The smallest absolute Gasteiger partial charge is 0.324 e. The van der Waals surface area contributed by atoms with Gasteiger partial charge >= 0.3 is 6.03 Å². The van der Waals surface area contributed by atoms with E-state index in [2.05, 4.69) is 32.3 Å². The van der Waals surface area contributed by atoms with Crippen molar-refractivity contribution in [2.24, 2.45) is 0 Å². The van der Waals surface area contributed by atoms with Crippen LogP contribution in [0.5, 0.6) is 0 Å². The molecule has 9 nitrogen and oxygen atoms in total. The van der Waals surface area contributed by atoms with E-state index in [1.807, 2.05) is 6.92 Å². The predicted octanol–water partition coefficient (Wildman–Crippen LogP) is -0.310. The van der Waals surface area contributed by atoms with Gasteiger partial charge in [0.25, 0.3) is 0 Å². The summed E-state index contributed by atoms with van der Waals surface area (Å²) in [4.78, 5) is 33.3. The third-order valence-corrected chi connectivity index (χ3v) is 4.65. The molecule has 0 aliphatic carbocycles. The van der Waals surface area contributed by atoms with Gasteiger partial charge in [0, 0.05) is 32.1 Å². The molecular weight excluding hydrogens is 312 g/mol. The molecule has 2 saturated heterocycles. The number of urea groups is 1. The Hall–Kier alpha value is -2.00. The topological polar surface area (TPSA) is 94.8 Å². The van der Waals surface area contributed by atoms with Crippen LogP contribution < -0.4 is 5.32 Å². The second kappa shape index (κ2) is 7.27. The van der Waals surface area contributed by atoms with E-state index in [4.69, 9.17) is 4.52 Å². The highest BCUT2D eigenvalue weighted by molar-refractivity contribution is 6.01. The van der Waals surface area contributed by atoms with Gasteiger partial charge < -0.3 is 9.84 Å². The Kier molecular flexibility index (Phi) is 5.10. The van der Waals surface area contributed by atoms with Gasteiger partial charge in [-0.2, -0.15) is 4.98 Å². The number of aromatic nitrogens is 2. The van der Waals surface area contributed by atoms with Crippen molar-refractivity contribution in [3.05, 3.63) is 11.7 Å². The van der Waals surface area contributed by atoms with Crippen molar-refractivity contribution in [3.8, 4) is 0 Å². The summed E-state index contributed by atoms with van der Waals surface area (Å²) in [5.41, 5.74) is 0. The Morgan fingerprint density at radius 3 is 2.88 bits per heavy atom. The van der Waals surface area contributed by atoms with Gasteiger partial charge in [0.1, 0.15) is 0 Å². The molecule has 3 amide bonds. The van der Waals surface area contributed by atoms with Crippen molar-refractivity contribution >= 4 is 11.9 Å². The van der Waals surface area contributed by atoms with E-state index in [-0.39, 0.29) is 18.5 Å². The molecule has 0 bridgehead atoms. The second-order valence-corrected chi connectivity index (χ2v) is 6.32. The highest BCUT2D eigenvalue weighted by Crippen LogP contribution is 2.16. The van der Waals surface area contributed by atoms with Crippen molar-refractivity contribution in [1.82, 2.24) is 30.2 Å². The van der Waals surface area contributed by atoms with Crippen LogP contribution in [-0.2, 0) is 17.8 Å². The minimum absolute atomic E-state index is 0.120. The van der Waals surface area contributed by atoms with Gasteiger partial charge in [-0.1, -0.05) is 12.1 Å². The molecule has 3 heterocycles. The minimum Gasteiger partial charge on any atom is -0.339 e. The summed E-state index contributed by atoms with van der Waals surface area (Å²) in [5.74, 6) is 1.24. The first-order chi connectivity index (χ1) is 11.6. The van der Waals surface area contributed by atoms with Crippen LogP contribution in [0.1, 0.15) is 25.1 Å². The van der Waals surface area contributed by atoms with Gasteiger partial charge in [0.15, 0.2) is 5.82 Å². The summed E-state index contributed by atoms with van der Waals surface area (Å²) < 4.78 is 5.14. The Bertz CT molecular complexity index is 588. The molecule has 24 heavy (non-hydrogen) atoms. The third kappa shape index (κ3) is 3.73. The van der Waals surface area contributed by atoms with Crippen LogP contribution in [0.25, 0.3) is 0 Å². The fourth-order valence-corrected chi connectivity index (χ4v) is 3.15. The lowest BCUT2D eigenvalue weighted by atomic mass is 10.2. The molecular formula is C15H24N6O3. The number of hydrogen-bond acceptors (Lipinski definition) is 7. The molecule has 2 aliphatic heterocycles. The van der Waals surface area contributed by atoms with Gasteiger partial charge in [-0.15, -0.1) is 0 Å². The van der Waals surface area contributed by atoms with Gasteiger partial charge in [-0.3, -0.25) is 19.5 Å². The number of likely N-dealkylation sites (tertiary alicyclic amines) is 1. The van der Waals surface area contributed by atoms with E-state index >= 15 is 0 Å². The number of nitrogens with one attached hydrogen (secondary N) is 1. The molecule has 9 heteroatoms. The number of carbonyl (C=O) groups excluding carboxylic acids is 2. The Morgan fingerprint density at radius 1 is 1.38 bits per heavy atom. The van der Waals surface area contributed by atoms with Crippen LogP contribution in [0.15, 0.2) is 4.52 Å². The molecule has 1 aromatic heterocycles. The molecule has 0 aromatic carbocycles. The first kappa shape index (κ1) is 16.8. The molecule has 132 valence electrons. The molecule has 3 rings (SSSR count). The zero-order valence-electron chi connectivity index (χ0n) is 14.2. The maximum atomic E-state index is 11.6. The number of rotatable bonds is 7. The molecule has 2 aliphatic rings. The lowest BCUT2D eigenvalue weighted by Crippen LogP contribution is -2.39. The van der Waals surface area contributed by atoms with Gasteiger partial charge in [-0.05, 0) is 20.0 Å². The molecule has 1 N–H and O–H groups in total. The average Bonchev–Trinajstić information content (AvgIpc) is 3.27. The molecule has 0 unspecified atom stereocenters. The summed E-state index contributed by atoms with van der Waals surface area (Å²) in [6.07, 6.45) is 1.80. The van der Waals surface area contributed by atoms with Gasteiger partial charge in [0.05, 0.1) is 13.1 Å². The summed E-state index contributed by atoms with van der Waals surface area (Å²) >= 11 is 0. The van der Waals surface area contributed by atoms with Crippen LogP contribution in [0.4, 0.5) is 4.79 Å². The molecule has 0 saturated carbocycles. The zero-order chi connectivity index (χ0) is 17.1. The quantitative estimate of drug-likeness (QED) is 0.683. The number of imide groups is 1. The van der Waals surface area contributed by atoms with Crippen molar-refractivity contribution in [1.29, 1.82) is 0 Å². The number of hydrogen-bond donors (Lipinski definition) is 1. The number of nitrogens with zero attached hydrogens (tertiary/aromatic N) is 5. The SMILES string of the molecule is CCc1nc(CN(C)[C@@H]2CCN(CCN3C(=O)CNC3=O)C2)no1. The summed E-state index contributed by atoms with van der Waals surface area (Å²) in [5, 5.41) is 6.54. The van der Waals surface area contributed by atoms with E-state index in [0.29, 0.717) is 37.4 Å². The summed E-state index contributed by atoms with van der Waals surface area (Å²) in [7, 11) is 2.06. The van der Waals surface area contributed by atoms with Crippen LogP contribution in [0, 0.1) is 0 Å². The Labute approximate surface area is 141 Å². The summed E-state index contributed by atoms with van der Waals surface area (Å²) in [6, 6.07) is 0.133. The maximum Gasteiger partial charge on any atom is 0.324 e. The zero-order valence-corrected chi connectivity index (χ0v) is 14.2. The summed E-state index contributed by atoms with van der Waals surface area (Å²) in [6.45, 7) is 5.81. The standard InChI is InChI=1S/C15H24N6O3/c1-3-13-17-12(18-24-13)10-19(2)11-4-5-20(9-11)6-7-21-14(22)8-16-15(21)23/h11H,3-10H2,1-2H3,(H,16,23)/t11-/m1/s1. The number of likely N-dealkylation sites (N-methyl/N-ethyl adjacent to an activating group) is 1. The fraction of sp³-hybridized carbons (Fsp3) is 0.733. The number of amides is 3. The monoisotopic (exact) mass is 336 g/mol. The molecule has 1 atom stereocenters. The van der Waals surface area contributed by atoms with E-state index in [1.54, 1.807) is 0 Å². The fourth-order valence-electron chi connectivity index (χ4n) is 3.15. The largest absolute Gasteiger partial charge is 0.339 e. The first-order valence-corrected chi connectivity index (χ1v) is 8.39. The third-order valence-electron chi connectivity index (χ3n) is 4.65. The highest BCUT2D eigenvalue weighted by Gasteiger charge is 2.31. The predicted molar refractivity (Wildman–Crippen MR) is 85.1 cm³/mol. The van der Waals surface area contributed by atoms with Gasteiger partial charge in [-0.25, -0.2) is 4.79 Å². The van der Waals surface area contributed by atoms with E-state index < -0.39 is 0 Å². The van der Waals surface area contributed by atoms with Crippen LogP contribution in [0.3, 0.4) is 0 Å². The van der Waals surface area contributed by atoms with E-state index in [0.717, 1.165) is 25.9 Å². The maximum absolute atomic E-state index is 11.6. The van der Waals surface area contributed by atoms with Crippen molar-refractivity contribution in [3.63, 3.8) is 0 Å². The Morgan fingerprint density at radius 2 is 2.21 bits per heavy atom. The lowest BCUT2D eigenvalue weighted by molar-refractivity contribution is -0.125. The highest BCUT2D eigenvalue weighted by atomic mass is 16.5. The number of aryl methyl sites for hydroxylation is 1. The second-order valence-electron chi connectivity index (χ2n) is 6.32. The number of carbonyl (C=O) groups is 2. The van der Waals surface area contributed by atoms with Crippen molar-refractivity contribution in [2.75, 3.05) is 39.8 Å². The van der Waals surface area contributed by atoms with Crippen LogP contribution in [-0.4, -0.2) is 82.6 Å². The van der Waals surface area contributed by atoms with Crippen LogP contribution in [0.2, 0.25) is 0 Å². The lowest BCUT2D eigenvalue weighted by Gasteiger charge is -2.24. The van der Waals surface area contributed by atoms with Crippen LogP contribution >= 0.6 is 0 Å². The normalized spacial score (nSPS) is 22.0. The molecule has 2 fully saturated rings. The molecule has 0 spiro atoms. The van der Waals surface area contributed by atoms with Crippen molar-refractivity contribution < 1.29 is 14.1 Å². The molecule has 1 aromatic rings. The molecule has 0 radical (unpaired) electrons. The Balaban J connectivity index is 1.44. The first-order valence-electron chi connectivity index (χ1n) is 8.39. The minimum atomic E-state index is -0.281. The van der Waals surface area contributed by atoms with Crippen molar-refractivity contribution in [2.45, 2.75) is 32.4 Å². The van der Waals surface area contributed by atoms with E-state index in [9.17, 15) is 9.59 Å².